The van der Waals surface area contributed by atoms with E-state index >= 15 is 0 Å². The van der Waals surface area contributed by atoms with Gasteiger partial charge in [-0.3, -0.25) is 14.2 Å². The number of nitrogens with zero attached hydrogens (tertiary/aromatic N) is 5. The lowest BCUT2D eigenvalue weighted by molar-refractivity contribution is -0.129. The fourth-order valence-electron chi connectivity index (χ4n) is 3.86. The van der Waals surface area contributed by atoms with E-state index in [1.54, 1.807) is 30.6 Å². The highest BCUT2D eigenvalue weighted by Gasteiger charge is 2.19. The molecule has 1 amide bonds. The number of pyridine rings is 1. The van der Waals surface area contributed by atoms with Gasteiger partial charge in [-0.1, -0.05) is 12.1 Å². The third-order valence-corrected chi connectivity index (χ3v) is 5.43. The molecule has 3 aromatic heterocycles. The zero-order valence-corrected chi connectivity index (χ0v) is 16.3. The number of amides is 1. The quantitative estimate of drug-likeness (QED) is 0.522. The number of hydrogen-bond acceptors (Lipinski definition) is 4. The van der Waals surface area contributed by atoms with Crippen molar-refractivity contribution in [2.24, 2.45) is 0 Å². The van der Waals surface area contributed by atoms with Crippen LogP contribution in [0.5, 0.6) is 0 Å². The maximum absolute atomic E-state index is 14.6. The number of hydrogen-bond donors (Lipinski definition) is 0. The number of rotatable bonds is 4. The van der Waals surface area contributed by atoms with E-state index in [0.717, 1.165) is 42.9 Å². The van der Waals surface area contributed by atoms with E-state index in [2.05, 4.69) is 15.0 Å². The predicted octanol–water partition coefficient (Wildman–Crippen LogP) is 3.76. The third-order valence-electron chi connectivity index (χ3n) is 5.43. The molecule has 1 aromatic carbocycles. The number of carbonyl (C=O) groups excluding carboxylic acids is 1. The molecule has 0 atom stereocenters. The molecule has 0 N–H and O–H groups in total. The van der Waals surface area contributed by atoms with E-state index in [1.807, 2.05) is 33.7 Å². The summed E-state index contributed by atoms with van der Waals surface area (Å²) in [5.74, 6) is 0.175. The molecule has 30 heavy (non-hydrogen) atoms. The zero-order chi connectivity index (χ0) is 20.5. The molecular formula is C23H20FN5O. The van der Waals surface area contributed by atoms with Crippen LogP contribution in [0.1, 0.15) is 18.4 Å². The minimum atomic E-state index is -0.374. The summed E-state index contributed by atoms with van der Waals surface area (Å²) < 4.78 is 16.4. The summed E-state index contributed by atoms with van der Waals surface area (Å²) in [6.45, 7) is 1.62. The van der Waals surface area contributed by atoms with Crippen molar-refractivity contribution >= 4 is 11.7 Å². The smallest absolute Gasteiger partial charge is 0.234 e. The first-order valence-electron chi connectivity index (χ1n) is 10.0. The van der Waals surface area contributed by atoms with Crippen LogP contribution >= 0.6 is 0 Å². The van der Waals surface area contributed by atoms with Crippen molar-refractivity contribution in [3.8, 4) is 22.6 Å². The van der Waals surface area contributed by atoms with Gasteiger partial charge in [-0.25, -0.2) is 14.4 Å². The maximum atomic E-state index is 14.6. The summed E-state index contributed by atoms with van der Waals surface area (Å²) >= 11 is 0. The second-order valence-corrected chi connectivity index (χ2v) is 7.42. The fraction of sp³-hybridized carbons (Fsp3) is 0.217. The molecule has 4 heterocycles. The largest absolute Gasteiger partial charge is 0.342 e. The lowest BCUT2D eigenvalue weighted by Gasteiger charge is -2.15. The molecule has 5 rings (SSSR count). The molecule has 1 saturated heterocycles. The SMILES string of the molecule is O=C(Cc1ccc(F)c(-c2ccn3c(-c4ccccn4)cnc3n2)c1)N1CCCC1. The summed E-state index contributed by atoms with van der Waals surface area (Å²) in [6.07, 6.45) is 7.61. The first-order valence-corrected chi connectivity index (χ1v) is 10.0. The minimum absolute atomic E-state index is 0.0849. The molecule has 0 bridgehead atoms. The van der Waals surface area contributed by atoms with Crippen LogP contribution in [-0.4, -0.2) is 43.2 Å². The monoisotopic (exact) mass is 401 g/mol. The van der Waals surface area contributed by atoms with Crippen molar-refractivity contribution in [1.29, 1.82) is 0 Å². The Labute approximate surface area is 173 Å². The van der Waals surface area contributed by atoms with E-state index in [9.17, 15) is 9.18 Å². The third kappa shape index (κ3) is 3.43. The first kappa shape index (κ1) is 18.4. The number of likely N-dealkylation sites (tertiary alicyclic amines) is 1. The Balaban J connectivity index is 1.47. The maximum Gasteiger partial charge on any atom is 0.234 e. The molecule has 0 unspecified atom stereocenters. The van der Waals surface area contributed by atoms with Crippen LogP contribution in [0.25, 0.3) is 28.4 Å². The van der Waals surface area contributed by atoms with Gasteiger partial charge >= 0.3 is 0 Å². The highest BCUT2D eigenvalue weighted by atomic mass is 19.1. The number of fused-ring (bicyclic) bond motifs is 1. The normalized spacial score (nSPS) is 13.8. The molecule has 0 saturated carbocycles. The topological polar surface area (TPSA) is 63.4 Å². The van der Waals surface area contributed by atoms with E-state index in [4.69, 9.17) is 0 Å². The molecule has 4 aromatic rings. The Morgan fingerprint density at radius 2 is 1.90 bits per heavy atom. The van der Waals surface area contributed by atoms with E-state index in [0.29, 0.717) is 17.0 Å². The average Bonchev–Trinajstić information content (AvgIpc) is 3.45. The van der Waals surface area contributed by atoms with Gasteiger partial charge in [0.15, 0.2) is 0 Å². The molecule has 6 nitrogen and oxygen atoms in total. The number of halogens is 1. The van der Waals surface area contributed by atoms with Crippen molar-refractivity contribution in [1.82, 2.24) is 24.3 Å². The Morgan fingerprint density at radius 3 is 2.70 bits per heavy atom. The average molecular weight is 401 g/mol. The van der Waals surface area contributed by atoms with Gasteiger partial charge in [0.05, 0.1) is 29.7 Å². The van der Waals surface area contributed by atoms with Crippen molar-refractivity contribution < 1.29 is 9.18 Å². The molecular weight excluding hydrogens is 381 g/mol. The lowest BCUT2D eigenvalue weighted by atomic mass is 10.0. The van der Waals surface area contributed by atoms with Crippen molar-refractivity contribution in [2.75, 3.05) is 13.1 Å². The summed E-state index contributed by atoms with van der Waals surface area (Å²) in [7, 11) is 0. The number of carbonyl (C=O) groups is 1. The Kier molecular flexibility index (Phi) is 4.71. The minimum Gasteiger partial charge on any atom is -0.342 e. The zero-order valence-electron chi connectivity index (χ0n) is 16.3. The predicted molar refractivity (Wildman–Crippen MR) is 111 cm³/mol. The van der Waals surface area contributed by atoms with Gasteiger partial charge in [-0.2, -0.15) is 0 Å². The van der Waals surface area contributed by atoms with Gasteiger partial charge in [0, 0.05) is 31.0 Å². The van der Waals surface area contributed by atoms with Crippen LogP contribution in [0.3, 0.4) is 0 Å². The molecule has 1 aliphatic rings. The van der Waals surface area contributed by atoms with Gasteiger partial charge in [-0.15, -0.1) is 0 Å². The standard InChI is InChI=1S/C23H20FN5O/c24-18-7-6-16(14-22(30)28-10-3-4-11-28)13-17(18)19-8-12-29-21(15-26-23(29)27-19)20-5-1-2-9-25-20/h1-2,5-9,12-13,15H,3-4,10-11,14H2. The van der Waals surface area contributed by atoms with Crippen LogP contribution < -0.4 is 0 Å². The molecule has 0 radical (unpaired) electrons. The Morgan fingerprint density at radius 1 is 1.03 bits per heavy atom. The number of aromatic nitrogens is 4. The van der Waals surface area contributed by atoms with E-state index in [-0.39, 0.29) is 18.1 Å². The van der Waals surface area contributed by atoms with E-state index < -0.39 is 0 Å². The van der Waals surface area contributed by atoms with Crippen molar-refractivity contribution in [3.05, 3.63) is 72.4 Å². The number of imidazole rings is 1. The van der Waals surface area contributed by atoms with Gasteiger partial charge in [0.2, 0.25) is 11.7 Å². The second-order valence-electron chi connectivity index (χ2n) is 7.42. The molecule has 7 heteroatoms. The molecule has 150 valence electrons. The molecule has 0 spiro atoms. The summed E-state index contributed by atoms with van der Waals surface area (Å²) in [5.41, 5.74) is 3.23. The number of benzene rings is 1. The Hall–Kier alpha value is -3.61. The summed E-state index contributed by atoms with van der Waals surface area (Å²) in [5, 5.41) is 0. The van der Waals surface area contributed by atoms with Crippen LogP contribution in [-0.2, 0) is 11.2 Å². The van der Waals surface area contributed by atoms with Crippen LogP contribution in [0.2, 0.25) is 0 Å². The molecule has 1 fully saturated rings. The summed E-state index contributed by atoms with van der Waals surface area (Å²) in [6, 6.07) is 12.2. The molecule has 1 aliphatic heterocycles. The Bertz CT molecular complexity index is 1210. The highest BCUT2D eigenvalue weighted by molar-refractivity contribution is 5.79. The van der Waals surface area contributed by atoms with Crippen LogP contribution in [0.4, 0.5) is 4.39 Å². The summed E-state index contributed by atoms with van der Waals surface area (Å²) in [4.78, 5) is 27.6. The molecule has 0 aliphatic carbocycles. The highest BCUT2D eigenvalue weighted by Crippen LogP contribution is 2.25. The van der Waals surface area contributed by atoms with E-state index in [1.165, 1.54) is 6.07 Å². The van der Waals surface area contributed by atoms with Crippen molar-refractivity contribution in [2.45, 2.75) is 19.3 Å². The lowest BCUT2D eigenvalue weighted by Crippen LogP contribution is -2.29. The van der Waals surface area contributed by atoms with Crippen LogP contribution in [0.15, 0.2) is 61.1 Å². The van der Waals surface area contributed by atoms with Gasteiger partial charge in [0.25, 0.3) is 0 Å². The first-order chi connectivity index (χ1) is 14.7. The van der Waals surface area contributed by atoms with Crippen LogP contribution in [0, 0.1) is 5.82 Å². The van der Waals surface area contributed by atoms with Gasteiger partial charge < -0.3 is 4.90 Å². The van der Waals surface area contributed by atoms with Crippen molar-refractivity contribution in [3.63, 3.8) is 0 Å². The van der Waals surface area contributed by atoms with Gasteiger partial charge in [0.1, 0.15) is 5.82 Å². The fourth-order valence-corrected chi connectivity index (χ4v) is 3.86. The second kappa shape index (κ2) is 7.67. The van der Waals surface area contributed by atoms with Gasteiger partial charge in [-0.05, 0) is 48.7 Å².